The highest BCUT2D eigenvalue weighted by atomic mass is 19.1. The van der Waals surface area contributed by atoms with Crippen molar-refractivity contribution in [3.05, 3.63) is 100 Å². The third kappa shape index (κ3) is 6.00. The molecule has 32 heavy (non-hydrogen) atoms. The van der Waals surface area contributed by atoms with Gasteiger partial charge in [0.15, 0.2) is 0 Å². The number of nitriles is 1. The molecule has 162 valence electrons. The molecule has 0 aliphatic carbocycles. The van der Waals surface area contributed by atoms with Crippen molar-refractivity contribution in [2.24, 2.45) is 0 Å². The number of amides is 2. The zero-order valence-electron chi connectivity index (χ0n) is 17.9. The topological polar surface area (TPSA) is 85.2 Å². The Balaban J connectivity index is 1.61. The molecule has 0 atom stereocenters. The van der Waals surface area contributed by atoms with Crippen molar-refractivity contribution in [3.63, 3.8) is 0 Å². The van der Waals surface area contributed by atoms with Crippen LogP contribution in [0.2, 0.25) is 0 Å². The Labute approximate surface area is 186 Å². The summed E-state index contributed by atoms with van der Waals surface area (Å²) in [6, 6.07) is 20.0. The predicted octanol–water partition coefficient (Wildman–Crippen LogP) is 3.94. The van der Waals surface area contributed by atoms with Crippen molar-refractivity contribution in [2.45, 2.75) is 13.1 Å². The molecule has 0 saturated heterocycles. The van der Waals surface area contributed by atoms with Crippen LogP contribution in [0.25, 0.3) is 0 Å². The zero-order valence-corrected chi connectivity index (χ0v) is 17.9. The SMILES string of the molecule is CN(C)Cc1ccc(NC(=O)c2cccc(CNC(=O)c3ccc(C#N)c(F)c3)c2)cc1. The summed E-state index contributed by atoms with van der Waals surface area (Å²) in [5.74, 6) is -1.47. The average Bonchev–Trinajstić information content (AvgIpc) is 2.78. The second kappa shape index (κ2) is 10.3. The number of nitrogens with one attached hydrogen (secondary N) is 2. The first-order valence-corrected chi connectivity index (χ1v) is 9.97. The maximum Gasteiger partial charge on any atom is 0.255 e. The number of benzene rings is 3. The summed E-state index contributed by atoms with van der Waals surface area (Å²) < 4.78 is 13.7. The molecule has 0 saturated carbocycles. The predicted molar refractivity (Wildman–Crippen MR) is 121 cm³/mol. The monoisotopic (exact) mass is 430 g/mol. The fourth-order valence-corrected chi connectivity index (χ4v) is 3.12. The van der Waals surface area contributed by atoms with Crippen LogP contribution in [0, 0.1) is 17.1 Å². The second-order valence-corrected chi connectivity index (χ2v) is 7.58. The summed E-state index contributed by atoms with van der Waals surface area (Å²) >= 11 is 0. The molecule has 0 spiro atoms. The van der Waals surface area contributed by atoms with Gasteiger partial charge in [-0.1, -0.05) is 24.3 Å². The standard InChI is InChI=1S/C25H23FN4O2/c1-30(2)16-17-6-10-22(11-7-17)29-25(32)19-5-3-4-18(12-19)15-28-24(31)20-8-9-21(14-27)23(26)13-20/h3-13H,15-16H2,1-2H3,(H,28,31)(H,29,32). The Morgan fingerprint density at radius 1 is 0.938 bits per heavy atom. The number of halogens is 1. The van der Waals surface area contributed by atoms with Crippen LogP contribution in [0.15, 0.2) is 66.7 Å². The maximum atomic E-state index is 13.7. The van der Waals surface area contributed by atoms with Crippen LogP contribution in [0.3, 0.4) is 0 Å². The van der Waals surface area contributed by atoms with E-state index in [1.165, 1.54) is 12.1 Å². The van der Waals surface area contributed by atoms with E-state index in [1.54, 1.807) is 30.3 Å². The van der Waals surface area contributed by atoms with Crippen LogP contribution in [0.1, 0.15) is 37.4 Å². The van der Waals surface area contributed by atoms with Gasteiger partial charge in [-0.25, -0.2) is 4.39 Å². The van der Waals surface area contributed by atoms with Gasteiger partial charge in [0.1, 0.15) is 11.9 Å². The number of rotatable bonds is 7. The first-order chi connectivity index (χ1) is 15.4. The summed E-state index contributed by atoms with van der Waals surface area (Å²) in [6.07, 6.45) is 0. The molecule has 3 rings (SSSR count). The molecule has 0 aliphatic rings. The molecule has 0 heterocycles. The highest BCUT2D eigenvalue weighted by Crippen LogP contribution is 2.14. The summed E-state index contributed by atoms with van der Waals surface area (Å²) in [5, 5.41) is 14.3. The summed E-state index contributed by atoms with van der Waals surface area (Å²) in [6.45, 7) is 0.984. The molecule has 0 bridgehead atoms. The third-order valence-electron chi connectivity index (χ3n) is 4.70. The molecule has 2 amide bonds. The van der Waals surface area contributed by atoms with Crippen molar-refractivity contribution in [1.82, 2.24) is 10.2 Å². The molecular formula is C25H23FN4O2. The van der Waals surface area contributed by atoms with Gasteiger partial charge >= 0.3 is 0 Å². The van der Waals surface area contributed by atoms with Gasteiger partial charge in [0, 0.05) is 29.9 Å². The lowest BCUT2D eigenvalue weighted by Gasteiger charge is -2.11. The van der Waals surface area contributed by atoms with E-state index in [2.05, 4.69) is 15.5 Å². The van der Waals surface area contributed by atoms with Gasteiger partial charge in [-0.3, -0.25) is 9.59 Å². The minimum atomic E-state index is -0.742. The molecule has 0 unspecified atom stereocenters. The lowest BCUT2D eigenvalue weighted by molar-refractivity contribution is 0.0950. The smallest absolute Gasteiger partial charge is 0.255 e. The molecule has 0 aliphatic heterocycles. The van der Waals surface area contributed by atoms with Gasteiger partial charge in [0.05, 0.1) is 5.56 Å². The van der Waals surface area contributed by atoms with Gasteiger partial charge in [-0.15, -0.1) is 0 Å². The zero-order chi connectivity index (χ0) is 23.1. The average molecular weight is 430 g/mol. The van der Waals surface area contributed by atoms with E-state index in [-0.39, 0.29) is 23.6 Å². The van der Waals surface area contributed by atoms with Crippen molar-refractivity contribution in [1.29, 1.82) is 5.26 Å². The normalized spacial score (nSPS) is 10.5. The van der Waals surface area contributed by atoms with Crippen LogP contribution in [-0.4, -0.2) is 30.8 Å². The first kappa shape index (κ1) is 22.7. The van der Waals surface area contributed by atoms with E-state index in [1.807, 2.05) is 38.4 Å². The Morgan fingerprint density at radius 3 is 2.31 bits per heavy atom. The lowest BCUT2D eigenvalue weighted by Crippen LogP contribution is -2.23. The third-order valence-corrected chi connectivity index (χ3v) is 4.70. The fourth-order valence-electron chi connectivity index (χ4n) is 3.12. The number of nitrogens with zero attached hydrogens (tertiary/aromatic N) is 2. The minimum absolute atomic E-state index is 0.118. The number of hydrogen-bond donors (Lipinski definition) is 2. The summed E-state index contributed by atoms with van der Waals surface area (Å²) in [7, 11) is 3.99. The van der Waals surface area contributed by atoms with Gasteiger partial charge in [-0.05, 0) is 67.7 Å². The first-order valence-electron chi connectivity index (χ1n) is 9.97. The van der Waals surface area contributed by atoms with E-state index in [0.717, 1.165) is 23.7 Å². The number of anilines is 1. The molecule has 3 aromatic carbocycles. The Kier molecular flexibility index (Phi) is 7.32. The quantitative estimate of drug-likeness (QED) is 0.595. The van der Waals surface area contributed by atoms with Crippen LogP contribution in [0.4, 0.5) is 10.1 Å². The van der Waals surface area contributed by atoms with Crippen LogP contribution in [0.5, 0.6) is 0 Å². The number of carbonyl (C=O) groups is 2. The Morgan fingerprint density at radius 2 is 1.66 bits per heavy atom. The van der Waals surface area contributed by atoms with Crippen LogP contribution >= 0.6 is 0 Å². The van der Waals surface area contributed by atoms with Crippen LogP contribution < -0.4 is 10.6 Å². The van der Waals surface area contributed by atoms with Crippen molar-refractivity contribution in [3.8, 4) is 6.07 Å². The Hall–Kier alpha value is -4.02. The van der Waals surface area contributed by atoms with Crippen molar-refractivity contribution < 1.29 is 14.0 Å². The van der Waals surface area contributed by atoms with E-state index in [0.29, 0.717) is 11.3 Å². The van der Waals surface area contributed by atoms with Crippen molar-refractivity contribution >= 4 is 17.5 Å². The molecule has 7 heteroatoms. The van der Waals surface area contributed by atoms with Crippen LogP contribution in [-0.2, 0) is 13.1 Å². The van der Waals surface area contributed by atoms with E-state index in [9.17, 15) is 14.0 Å². The second-order valence-electron chi connectivity index (χ2n) is 7.58. The molecule has 0 fully saturated rings. The lowest BCUT2D eigenvalue weighted by atomic mass is 10.1. The van der Waals surface area contributed by atoms with E-state index in [4.69, 9.17) is 5.26 Å². The van der Waals surface area contributed by atoms with Gasteiger partial charge in [0.25, 0.3) is 11.8 Å². The molecule has 0 radical (unpaired) electrons. The molecule has 2 N–H and O–H groups in total. The van der Waals surface area contributed by atoms with Crippen molar-refractivity contribution in [2.75, 3.05) is 19.4 Å². The maximum absolute atomic E-state index is 13.7. The molecule has 3 aromatic rings. The van der Waals surface area contributed by atoms with Gasteiger partial charge in [0.2, 0.25) is 0 Å². The van der Waals surface area contributed by atoms with E-state index < -0.39 is 11.7 Å². The fraction of sp³-hybridized carbons (Fsp3) is 0.160. The van der Waals surface area contributed by atoms with Gasteiger partial charge in [-0.2, -0.15) is 5.26 Å². The minimum Gasteiger partial charge on any atom is -0.348 e. The Bertz CT molecular complexity index is 1170. The van der Waals surface area contributed by atoms with E-state index >= 15 is 0 Å². The molecule has 6 nitrogen and oxygen atoms in total. The number of carbonyl (C=O) groups excluding carboxylic acids is 2. The largest absolute Gasteiger partial charge is 0.348 e. The highest BCUT2D eigenvalue weighted by molar-refractivity contribution is 6.04. The molecular weight excluding hydrogens is 407 g/mol. The van der Waals surface area contributed by atoms with Gasteiger partial charge < -0.3 is 15.5 Å². The summed E-state index contributed by atoms with van der Waals surface area (Å²) in [4.78, 5) is 27.0. The molecule has 0 aromatic heterocycles. The summed E-state index contributed by atoms with van der Waals surface area (Å²) in [5.41, 5.74) is 3.02. The number of hydrogen-bond acceptors (Lipinski definition) is 4. The highest BCUT2D eigenvalue weighted by Gasteiger charge is 2.11.